The zero-order chi connectivity index (χ0) is 11.7. The molecule has 0 aromatic heterocycles. The number of hydrogen-bond donors (Lipinski definition) is 1. The van der Waals surface area contributed by atoms with Gasteiger partial charge in [0.15, 0.2) is 0 Å². The highest BCUT2D eigenvalue weighted by atomic mass is 16.3. The van der Waals surface area contributed by atoms with E-state index < -0.39 is 5.60 Å². The summed E-state index contributed by atoms with van der Waals surface area (Å²) in [6.07, 6.45) is 7.76. The van der Waals surface area contributed by atoms with Gasteiger partial charge in [-0.3, -0.25) is 0 Å². The maximum absolute atomic E-state index is 9.70. The zero-order valence-electron chi connectivity index (χ0n) is 10.7. The summed E-state index contributed by atoms with van der Waals surface area (Å²) in [5, 5.41) is 9.70. The molecule has 1 heteroatoms. The van der Waals surface area contributed by atoms with Gasteiger partial charge in [0.05, 0.1) is 5.60 Å². The van der Waals surface area contributed by atoms with Gasteiger partial charge in [-0.1, -0.05) is 31.6 Å². The molecule has 15 heavy (non-hydrogen) atoms. The first-order valence-corrected chi connectivity index (χ1v) is 5.84. The molecule has 1 aliphatic rings. The van der Waals surface area contributed by atoms with E-state index in [1.54, 1.807) is 0 Å². The zero-order valence-corrected chi connectivity index (χ0v) is 10.7. The van der Waals surface area contributed by atoms with Crippen LogP contribution in [0.5, 0.6) is 0 Å². The molecule has 1 N–H and O–H groups in total. The molecule has 0 aromatic rings. The smallest absolute Gasteiger partial charge is 0.0774 e. The van der Waals surface area contributed by atoms with E-state index in [4.69, 9.17) is 0 Å². The SMILES string of the molecule is CC1=C(C=CC(C)(C)O)C(C)(C)CCC1. The molecule has 1 nitrogen and oxygen atoms in total. The van der Waals surface area contributed by atoms with E-state index in [9.17, 15) is 5.11 Å². The maximum Gasteiger partial charge on any atom is 0.0774 e. The van der Waals surface area contributed by atoms with Gasteiger partial charge in [0.2, 0.25) is 0 Å². The van der Waals surface area contributed by atoms with Gasteiger partial charge in [0, 0.05) is 0 Å². The lowest BCUT2D eigenvalue weighted by atomic mass is 9.72. The Morgan fingerprint density at radius 1 is 1.33 bits per heavy atom. The molecule has 0 heterocycles. The summed E-state index contributed by atoms with van der Waals surface area (Å²) >= 11 is 0. The summed E-state index contributed by atoms with van der Waals surface area (Å²) in [6, 6.07) is 0. The van der Waals surface area contributed by atoms with Crippen LogP contribution in [0.3, 0.4) is 0 Å². The van der Waals surface area contributed by atoms with Crippen molar-refractivity contribution in [2.75, 3.05) is 0 Å². The van der Waals surface area contributed by atoms with Crippen molar-refractivity contribution in [3.8, 4) is 0 Å². The molecule has 0 saturated heterocycles. The summed E-state index contributed by atoms with van der Waals surface area (Å²) in [6.45, 7) is 10.4. The molecule has 0 amide bonds. The second kappa shape index (κ2) is 4.13. The van der Waals surface area contributed by atoms with Crippen molar-refractivity contribution < 1.29 is 5.11 Å². The summed E-state index contributed by atoms with van der Waals surface area (Å²) in [5.74, 6) is 0. The summed E-state index contributed by atoms with van der Waals surface area (Å²) in [5.41, 5.74) is 2.45. The largest absolute Gasteiger partial charge is 0.386 e. The third-order valence-electron chi connectivity index (χ3n) is 3.20. The van der Waals surface area contributed by atoms with Crippen molar-refractivity contribution in [2.45, 2.75) is 59.5 Å². The lowest BCUT2D eigenvalue weighted by Gasteiger charge is -2.33. The van der Waals surface area contributed by atoms with Crippen molar-refractivity contribution in [2.24, 2.45) is 5.41 Å². The maximum atomic E-state index is 9.70. The molecule has 0 spiro atoms. The number of hydrogen-bond acceptors (Lipinski definition) is 1. The molecule has 0 unspecified atom stereocenters. The van der Waals surface area contributed by atoms with Gasteiger partial charge < -0.3 is 5.11 Å². The monoisotopic (exact) mass is 208 g/mol. The molecule has 86 valence electrons. The minimum absolute atomic E-state index is 0.268. The van der Waals surface area contributed by atoms with Gasteiger partial charge in [-0.15, -0.1) is 0 Å². The molecule has 0 atom stereocenters. The third-order valence-corrected chi connectivity index (χ3v) is 3.20. The molecular weight excluding hydrogens is 184 g/mol. The van der Waals surface area contributed by atoms with E-state index in [1.165, 1.54) is 30.4 Å². The summed E-state index contributed by atoms with van der Waals surface area (Å²) < 4.78 is 0. The molecule has 0 aromatic carbocycles. The highest BCUT2D eigenvalue weighted by Crippen LogP contribution is 2.40. The van der Waals surface area contributed by atoms with Crippen LogP contribution in [-0.4, -0.2) is 10.7 Å². The Morgan fingerprint density at radius 2 is 1.93 bits per heavy atom. The topological polar surface area (TPSA) is 20.2 Å². The molecule has 0 aliphatic heterocycles. The summed E-state index contributed by atoms with van der Waals surface area (Å²) in [4.78, 5) is 0. The van der Waals surface area contributed by atoms with Gasteiger partial charge in [-0.2, -0.15) is 0 Å². The Morgan fingerprint density at radius 3 is 2.40 bits per heavy atom. The molecular formula is C14H24O. The predicted octanol–water partition coefficient (Wildman–Crippen LogP) is 3.84. The number of rotatable bonds is 2. The first-order chi connectivity index (χ1) is 6.72. The van der Waals surface area contributed by atoms with E-state index in [1.807, 2.05) is 19.9 Å². The van der Waals surface area contributed by atoms with Crippen LogP contribution in [0, 0.1) is 5.41 Å². The Hall–Kier alpha value is -0.560. The highest BCUT2D eigenvalue weighted by Gasteiger charge is 2.26. The molecule has 1 rings (SSSR count). The average Bonchev–Trinajstić information content (AvgIpc) is 1.99. The third kappa shape index (κ3) is 3.49. The lowest BCUT2D eigenvalue weighted by molar-refractivity contribution is 0.133. The van der Waals surface area contributed by atoms with Crippen LogP contribution in [0.1, 0.15) is 53.9 Å². The Kier molecular flexibility index (Phi) is 3.44. The van der Waals surface area contributed by atoms with E-state index in [0.717, 1.165) is 0 Å². The predicted molar refractivity (Wildman–Crippen MR) is 65.8 cm³/mol. The van der Waals surface area contributed by atoms with Crippen LogP contribution in [0.4, 0.5) is 0 Å². The van der Waals surface area contributed by atoms with Crippen molar-refractivity contribution in [3.63, 3.8) is 0 Å². The normalized spacial score (nSPS) is 22.5. The van der Waals surface area contributed by atoms with Gasteiger partial charge >= 0.3 is 0 Å². The molecule has 0 saturated carbocycles. The van der Waals surface area contributed by atoms with E-state index in [-0.39, 0.29) is 5.41 Å². The minimum Gasteiger partial charge on any atom is -0.386 e. The van der Waals surface area contributed by atoms with E-state index in [0.29, 0.717) is 0 Å². The second-order valence-electron chi connectivity index (χ2n) is 5.92. The first kappa shape index (κ1) is 12.5. The molecule has 0 bridgehead atoms. The van der Waals surface area contributed by atoms with Gasteiger partial charge in [-0.05, 0) is 51.0 Å². The van der Waals surface area contributed by atoms with E-state index in [2.05, 4.69) is 26.8 Å². The lowest BCUT2D eigenvalue weighted by Crippen LogP contribution is -2.20. The quantitative estimate of drug-likeness (QED) is 0.731. The second-order valence-corrected chi connectivity index (χ2v) is 5.92. The average molecular weight is 208 g/mol. The van der Waals surface area contributed by atoms with Crippen LogP contribution >= 0.6 is 0 Å². The fraction of sp³-hybridized carbons (Fsp3) is 0.714. The van der Waals surface area contributed by atoms with E-state index >= 15 is 0 Å². The Balaban J connectivity index is 2.95. The molecule has 0 radical (unpaired) electrons. The van der Waals surface area contributed by atoms with Crippen LogP contribution in [0.15, 0.2) is 23.3 Å². The summed E-state index contributed by atoms with van der Waals surface area (Å²) in [7, 11) is 0. The Labute approximate surface area is 93.9 Å². The first-order valence-electron chi connectivity index (χ1n) is 5.84. The van der Waals surface area contributed by atoms with Crippen molar-refractivity contribution in [1.82, 2.24) is 0 Å². The van der Waals surface area contributed by atoms with Crippen LogP contribution < -0.4 is 0 Å². The fourth-order valence-corrected chi connectivity index (χ4v) is 2.30. The van der Waals surface area contributed by atoms with Crippen molar-refractivity contribution in [3.05, 3.63) is 23.3 Å². The standard InChI is InChI=1S/C14H24O/c1-11-7-6-9-13(2,3)12(11)8-10-14(4,5)15/h8,10,15H,6-7,9H2,1-5H3. The molecule has 0 fully saturated rings. The molecule has 1 aliphatic carbocycles. The van der Waals surface area contributed by atoms with Gasteiger partial charge in [-0.25, -0.2) is 0 Å². The van der Waals surface area contributed by atoms with Crippen LogP contribution in [0.2, 0.25) is 0 Å². The number of aliphatic hydroxyl groups is 1. The van der Waals surface area contributed by atoms with Gasteiger partial charge in [0.25, 0.3) is 0 Å². The van der Waals surface area contributed by atoms with Crippen LogP contribution in [-0.2, 0) is 0 Å². The minimum atomic E-state index is -0.708. The fourth-order valence-electron chi connectivity index (χ4n) is 2.30. The van der Waals surface area contributed by atoms with Crippen molar-refractivity contribution >= 4 is 0 Å². The highest BCUT2D eigenvalue weighted by molar-refractivity contribution is 5.33. The number of allylic oxidation sites excluding steroid dienone is 3. The van der Waals surface area contributed by atoms with Crippen molar-refractivity contribution in [1.29, 1.82) is 0 Å². The van der Waals surface area contributed by atoms with Gasteiger partial charge in [0.1, 0.15) is 0 Å². The Bertz CT molecular complexity index is 287. The van der Waals surface area contributed by atoms with Crippen LogP contribution in [0.25, 0.3) is 0 Å².